The van der Waals surface area contributed by atoms with E-state index in [0.717, 1.165) is 6.42 Å². The fourth-order valence-electron chi connectivity index (χ4n) is 1.79. The summed E-state index contributed by atoms with van der Waals surface area (Å²) in [6.45, 7) is 3.52. The topological polar surface area (TPSA) is 59.0 Å². The number of nitrogens with zero attached hydrogens (tertiary/aromatic N) is 1. The highest BCUT2D eigenvalue weighted by molar-refractivity contribution is 5.76. The number of methoxy groups -OCH3 is 1. The number of carbonyl (C=O) groups is 1. The molecule has 2 unspecified atom stereocenters. The molecule has 94 valence electrons. The first kappa shape index (κ1) is 13.4. The standard InChI is InChI=1S/C11H21NO4/c1-9-8-16-10(7-13)6-12(9)11(14)4-3-5-15-2/h9-10,13H,3-8H2,1-2H3. The zero-order valence-electron chi connectivity index (χ0n) is 10.0. The number of ether oxygens (including phenoxy) is 2. The number of hydrogen-bond donors (Lipinski definition) is 1. The van der Waals surface area contributed by atoms with E-state index in [1.165, 1.54) is 0 Å². The Labute approximate surface area is 96.3 Å². The fraction of sp³-hybridized carbons (Fsp3) is 0.909. The van der Waals surface area contributed by atoms with Crippen LogP contribution in [-0.4, -0.2) is 61.5 Å². The lowest BCUT2D eigenvalue weighted by molar-refractivity contribution is -0.146. The molecule has 5 nitrogen and oxygen atoms in total. The van der Waals surface area contributed by atoms with Crippen molar-refractivity contribution in [2.45, 2.75) is 31.9 Å². The Morgan fingerprint density at radius 2 is 2.38 bits per heavy atom. The third-order valence-corrected chi connectivity index (χ3v) is 2.77. The molecule has 0 aromatic heterocycles. The summed E-state index contributed by atoms with van der Waals surface area (Å²) in [5.74, 6) is 0.117. The molecule has 0 radical (unpaired) electrons. The first-order valence-corrected chi connectivity index (χ1v) is 5.70. The first-order valence-electron chi connectivity index (χ1n) is 5.70. The van der Waals surface area contributed by atoms with Gasteiger partial charge in [-0.05, 0) is 13.3 Å². The molecule has 1 aliphatic rings. The van der Waals surface area contributed by atoms with Crippen LogP contribution in [0.25, 0.3) is 0 Å². The minimum absolute atomic E-state index is 0.0332. The molecule has 1 aliphatic heterocycles. The van der Waals surface area contributed by atoms with Gasteiger partial charge in [-0.3, -0.25) is 4.79 Å². The lowest BCUT2D eigenvalue weighted by Crippen LogP contribution is -2.52. The summed E-state index contributed by atoms with van der Waals surface area (Å²) in [6.07, 6.45) is 1.00. The molecule has 1 amide bonds. The number of amides is 1. The van der Waals surface area contributed by atoms with Gasteiger partial charge in [0.15, 0.2) is 0 Å². The van der Waals surface area contributed by atoms with Crippen LogP contribution in [-0.2, 0) is 14.3 Å². The van der Waals surface area contributed by atoms with Crippen molar-refractivity contribution in [1.29, 1.82) is 0 Å². The second kappa shape index (κ2) is 6.83. The van der Waals surface area contributed by atoms with Crippen LogP contribution in [0.4, 0.5) is 0 Å². The van der Waals surface area contributed by atoms with E-state index in [1.54, 1.807) is 12.0 Å². The first-order chi connectivity index (χ1) is 7.69. The van der Waals surface area contributed by atoms with Crippen LogP contribution >= 0.6 is 0 Å². The van der Waals surface area contributed by atoms with Gasteiger partial charge >= 0.3 is 0 Å². The van der Waals surface area contributed by atoms with Gasteiger partial charge in [0.25, 0.3) is 0 Å². The van der Waals surface area contributed by atoms with Crippen molar-refractivity contribution in [1.82, 2.24) is 4.90 Å². The van der Waals surface area contributed by atoms with Crippen LogP contribution in [0.3, 0.4) is 0 Å². The van der Waals surface area contributed by atoms with Crippen molar-refractivity contribution >= 4 is 5.91 Å². The Balaban J connectivity index is 2.39. The Kier molecular flexibility index (Phi) is 5.73. The highest BCUT2D eigenvalue weighted by atomic mass is 16.5. The highest BCUT2D eigenvalue weighted by Gasteiger charge is 2.28. The molecular weight excluding hydrogens is 210 g/mol. The SMILES string of the molecule is COCCCC(=O)N1CC(CO)OCC1C. The van der Waals surface area contributed by atoms with Gasteiger partial charge in [0.2, 0.25) is 5.91 Å². The molecule has 0 aliphatic carbocycles. The molecule has 16 heavy (non-hydrogen) atoms. The maximum absolute atomic E-state index is 11.9. The van der Waals surface area contributed by atoms with Crippen LogP contribution in [0.1, 0.15) is 19.8 Å². The third-order valence-electron chi connectivity index (χ3n) is 2.77. The molecule has 0 bridgehead atoms. The van der Waals surface area contributed by atoms with Crippen molar-refractivity contribution < 1.29 is 19.4 Å². The molecule has 0 aromatic rings. The van der Waals surface area contributed by atoms with Gasteiger partial charge < -0.3 is 19.5 Å². The summed E-state index contributed by atoms with van der Waals surface area (Å²) >= 11 is 0. The van der Waals surface area contributed by atoms with Gasteiger partial charge in [-0.1, -0.05) is 0 Å². The normalized spacial score (nSPS) is 25.8. The van der Waals surface area contributed by atoms with Crippen molar-refractivity contribution in [3.63, 3.8) is 0 Å². The predicted molar refractivity (Wildman–Crippen MR) is 59.1 cm³/mol. The van der Waals surface area contributed by atoms with Gasteiger partial charge in [-0.15, -0.1) is 0 Å². The fourth-order valence-corrected chi connectivity index (χ4v) is 1.79. The average Bonchev–Trinajstić information content (AvgIpc) is 2.30. The summed E-state index contributed by atoms with van der Waals surface area (Å²) in [4.78, 5) is 13.7. The van der Waals surface area contributed by atoms with Crippen LogP contribution in [0.2, 0.25) is 0 Å². The maximum atomic E-state index is 11.9. The van der Waals surface area contributed by atoms with E-state index in [9.17, 15) is 4.79 Å². The van der Waals surface area contributed by atoms with Crippen LogP contribution in [0, 0.1) is 0 Å². The van der Waals surface area contributed by atoms with Crippen molar-refractivity contribution in [2.75, 3.05) is 33.5 Å². The Hall–Kier alpha value is -0.650. The van der Waals surface area contributed by atoms with Gasteiger partial charge in [-0.2, -0.15) is 0 Å². The van der Waals surface area contributed by atoms with Crippen molar-refractivity contribution in [3.05, 3.63) is 0 Å². The van der Waals surface area contributed by atoms with Gasteiger partial charge in [0.1, 0.15) is 0 Å². The largest absolute Gasteiger partial charge is 0.394 e. The average molecular weight is 231 g/mol. The summed E-state index contributed by atoms with van der Waals surface area (Å²) < 4.78 is 10.3. The monoisotopic (exact) mass is 231 g/mol. The second-order valence-electron chi connectivity index (χ2n) is 4.13. The van der Waals surface area contributed by atoms with E-state index in [1.807, 2.05) is 6.92 Å². The molecule has 0 saturated carbocycles. The smallest absolute Gasteiger partial charge is 0.223 e. The number of aliphatic hydroxyl groups is 1. The molecule has 1 heterocycles. The van der Waals surface area contributed by atoms with E-state index >= 15 is 0 Å². The molecule has 5 heteroatoms. The van der Waals surface area contributed by atoms with Gasteiger partial charge in [0.05, 0.1) is 25.4 Å². The van der Waals surface area contributed by atoms with E-state index in [2.05, 4.69) is 0 Å². The number of hydrogen-bond acceptors (Lipinski definition) is 4. The van der Waals surface area contributed by atoms with E-state index < -0.39 is 0 Å². The Bertz CT molecular complexity index is 222. The Morgan fingerprint density at radius 3 is 3.00 bits per heavy atom. The summed E-state index contributed by atoms with van der Waals surface area (Å²) in [6, 6.07) is 0.0952. The number of rotatable bonds is 5. The molecular formula is C11H21NO4. The van der Waals surface area contributed by atoms with Crippen molar-refractivity contribution in [2.24, 2.45) is 0 Å². The van der Waals surface area contributed by atoms with Crippen molar-refractivity contribution in [3.8, 4) is 0 Å². The molecule has 2 atom stereocenters. The van der Waals surface area contributed by atoms with Gasteiger partial charge in [-0.25, -0.2) is 0 Å². The summed E-state index contributed by atoms with van der Waals surface area (Å²) in [5.41, 5.74) is 0. The lowest BCUT2D eigenvalue weighted by atomic mass is 10.1. The van der Waals surface area contributed by atoms with E-state index in [0.29, 0.717) is 26.2 Å². The maximum Gasteiger partial charge on any atom is 0.223 e. The van der Waals surface area contributed by atoms with Gasteiger partial charge in [0, 0.05) is 26.7 Å². The summed E-state index contributed by atoms with van der Waals surface area (Å²) in [7, 11) is 1.63. The zero-order valence-corrected chi connectivity index (χ0v) is 10.0. The van der Waals surface area contributed by atoms with Crippen LogP contribution in [0.15, 0.2) is 0 Å². The minimum Gasteiger partial charge on any atom is -0.394 e. The minimum atomic E-state index is -0.234. The molecule has 1 N–H and O–H groups in total. The summed E-state index contributed by atoms with van der Waals surface area (Å²) in [5, 5.41) is 9.01. The van der Waals surface area contributed by atoms with E-state index in [4.69, 9.17) is 14.6 Å². The van der Waals surface area contributed by atoms with Crippen LogP contribution < -0.4 is 0 Å². The second-order valence-corrected chi connectivity index (χ2v) is 4.13. The number of morpholine rings is 1. The molecule has 0 aromatic carbocycles. The molecule has 1 rings (SSSR count). The molecule has 1 fully saturated rings. The third kappa shape index (κ3) is 3.73. The zero-order chi connectivity index (χ0) is 12.0. The number of aliphatic hydroxyl groups excluding tert-OH is 1. The lowest BCUT2D eigenvalue weighted by Gasteiger charge is -2.37. The molecule has 1 saturated heterocycles. The van der Waals surface area contributed by atoms with E-state index in [-0.39, 0.29) is 24.7 Å². The highest BCUT2D eigenvalue weighted by Crippen LogP contribution is 2.13. The quantitative estimate of drug-likeness (QED) is 0.678. The Morgan fingerprint density at radius 1 is 1.62 bits per heavy atom. The number of carbonyl (C=O) groups excluding carboxylic acids is 1. The predicted octanol–water partition coefficient (Wildman–Crippen LogP) is 0.0212. The molecule has 0 spiro atoms. The van der Waals surface area contributed by atoms with Crippen LogP contribution in [0.5, 0.6) is 0 Å².